The van der Waals surface area contributed by atoms with Gasteiger partial charge in [0, 0.05) is 6.54 Å². The van der Waals surface area contributed by atoms with Crippen LogP contribution in [0.1, 0.15) is 0 Å². The first kappa shape index (κ1) is 13.0. The van der Waals surface area contributed by atoms with Crippen molar-refractivity contribution in [1.82, 2.24) is 9.97 Å². The molecule has 0 bridgehead atoms. The zero-order valence-electron chi connectivity index (χ0n) is 8.38. The molecular weight excluding hydrogens is 240 g/mol. The monoisotopic (exact) mass is 249 g/mol. The lowest BCUT2D eigenvalue weighted by Gasteiger charge is -2.11. The second-order valence-corrected chi connectivity index (χ2v) is 3.00. The number of nitrogen functional groups attached to an aromatic ring is 1. The number of alkyl halides is 2. The van der Waals surface area contributed by atoms with Gasteiger partial charge in [-0.2, -0.15) is 0 Å². The molecule has 0 radical (unpaired) electrons. The maximum Gasteiger partial charge on any atom is 0.352 e. The first-order chi connectivity index (χ1) is 7.93. The minimum absolute atomic E-state index is 0.317. The van der Waals surface area contributed by atoms with E-state index in [0.717, 1.165) is 6.33 Å². The van der Waals surface area contributed by atoms with Gasteiger partial charge in [-0.15, -0.1) is 0 Å². The summed E-state index contributed by atoms with van der Waals surface area (Å²) in [5, 5.41) is 21.7. The highest BCUT2D eigenvalue weighted by Gasteiger charge is 2.23. The number of rotatable bonds is 5. The number of anilines is 2. The van der Waals surface area contributed by atoms with Crippen LogP contribution in [0.4, 0.5) is 26.1 Å². The molecule has 1 unspecified atom stereocenters. The first-order valence-electron chi connectivity index (χ1n) is 4.38. The number of nitrogens with zero attached hydrogens (tertiary/aromatic N) is 3. The molecule has 0 aliphatic rings. The third-order valence-corrected chi connectivity index (χ3v) is 1.80. The molecule has 4 N–H and O–H groups in total. The van der Waals surface area contributed by atoms with Crippen LogP contribution in [-0.4, -0.2) is 39.1 Å². The van der Waals surface area contributed by atoms with E-state index in [1.54, 1.807) is 0 Å². The standard InChI is InChI=1S/C7H9F2N5O3/c8-5(9)3(15)1-11-7-4(14(16)17)6(10)12-2-13-7/h2-3,5,15H,1H2,(H3,10,11,12,13). The molecule has 0 amide bonds. The maximum atomic E-state index is 12.0. The first-order valence-corrected chi connectivity index (χ1v) is 4.38. The van der Waals surface area contributed by atoms with Gasteiger partial charge in [0.2, 0.25) is 11.6 Å². The van der Waals surface area contributed by atoms with Crippen LogP contribution >= 0.6 is 0 Å². The Bertz CT molecular complexity index is 416. The Kier molecular flexibility index (Phi) is 4.04. The second kappa shape index (κ2) is 5.30. The SMILES string of the molecule is Nc1ncnc(NCC(O)C(F)F)c1[N+](=O)[O-]. The van der Waals surface area contributed by atoms with E-state index in [2.05, 4.69) is 15.3 Å². The molecule has 8 nitrogen and oxygen atoms in total. The van der Waals surface area contributed by atoms with E-state index in [-0.39, 0.29) is 11.6 Å². The molecule has 1 heterocycles. The van der Waals surface area contributed by atoms with Crippen molar-refractivity contribution >= 4 is 17.3 Å². The normalized spacial score (nSPS) is 12.5. The van der Waals surface area contributed by atoms with Gasteiger partial charge in [0.15, 0.2) is 0 Å². The minimum Gasteiger partial charge on any atom is -0.385 e. The summed E-state index contributed by atoms with van der Waals surface area (Å²) >= 11 is 0. The van der Waals surface area contributed by atoms with Crippen LogP contribution in [0.2, 0.25) is 0 Å². The van der Waals surface area contributed by atoms with E-state index in [4.69, 9.17) is 10.8 Å². The summed E-state index contributed by atoms with van der Waals surface area (Å²) in [5.74, 6) is -0.707. The van der Waals surface area contributed by atoms with E-state index in [1.165, 1.54) is 0 Å². The van der Waals surface area contributed by atoms with Crippen molar-refractivity contribution in [2.75, 3.05) is 17.6 Å². The van der Waals surface area contributed by atoms with Crippen molar-refractivity contribution in [2.24, 2.45) is 0 Å². The van der Waals surface area contributed by atoms with Crippen LogP contribution in [0.5, 0.6) is 0 Å². The number of hydrogen-bond acceptors (Lipinski definition) is 7. The van der Waals surface area contributed by atoms with Gasteiger partial charge in [-0.1, -0.05) is 0 Å². The van der Waals surface area contributed by atoms with Crippen molar-refractivity contribution in [3.8, 4) is 0 Å². The fraction of sp³-hybridized carbons (Fsp3) is 0.429. The Balaban J connectivity index is 2.84. The largest absolute Gasteiger partial charge is 0.385 e. The predicted molar refractivity (Wildman–Crippen MR) is 53.6 cm³/mol. The number of aliphatic hydroxyl groups is 1. The fourth-order valence-electron chi connectivity index (χ4n) is 0.992. The Morgan fingerprint density at radius 2 is 2.24 bits per heavy atom. The van der Waals surface area contributed by atoms with Crippen molar-refractivity contribution in [3.63, 3.8) is 0 Å². The predicted octanol–water partition coefficient (Wildman–Crippen LogP) is 0.00490. The van der Waals surface area contributed by atoms with Crippen LogP contribution in [0.15, 0.2) is 6.33 Å². The van der Waals surface area contributed by atoms with Gasteiger partial charge in [-0.25, -0.2) is 18.7 Å². The summed E-state index contributed by atoms with van der Waals surface area (Å²) in [7, 11) is 0. The van der Waals surface area contributed by atoms with Crippen molar-refractivity contribution in [2.45, 2.75) is 12.5 Å². The van der Waals surface area contributed by atoms with Crippen molar-refractivity contribution < 1.29 is 18.8 Å². The van der Waals surface area contributed by atoms with E-state index in [1.807, 2.05) is 0 Å². The number of nitrogens with two attached hydrogens (primary N) is 1. The van der Waals surface area contributed by atoms with E-state index in [9.17, 15) is 18.9 Å². The topological polar surface area (TPSA) is 127 Å². The highest BCUT2D eigenvalue weighted by Crippen LogP contribution is 2.26. The number of hydrogen-bond donors (Lipinski definition) is 3. The zero-order chi connectivity index (χ0) is 13.0. The molecule has 0 fully saturated rings. The Morgan fingerprint density at radius 3 is 2.76 bits per heavy atom. The average Bonchev–Trinajstić information content (AvgIpc) is 2.24. The van der Waals surface area contributed by atoms with Crippen LogP contribution in [0, 0.1) is 10.1 Å². The van der Waals surface area contributed by atoms with Gasteiger partial charge in [-0.3, -0.25) is 10.1 Å². The van der Waals surface area contributed by atoms with Crippen molar-refractivity contribution in [1.29, 1.82) is 0 Å². The third-order valence-electron chi connectivity index (χ3n) is 1.80. The van der Waals surface area contributed by atoms with E-state index in [0.29, 0.717) is 0 Å². The molecule has 0 saturated heterocycles. The molecule has 10 heteroatoms. The number of aliphatic hydroxyl groups excluding tert-OH is 1. The molecule has 17 heavy (non-hydrogen) atoms. The van der Waals surface area contributed by atoms with Crippen LogP contribution in [0.3, 0.4) is 0 Å². The molecule has 1 aromatic heterocycles. The lowest BCUT2D eigenvalue weighted by Crippen LogP contribution is -2.27. The van der Waals surface area contributed by atoms with Crippen LogP contribution in [-0.2, 0) is 0 Å². The lowest BCUT2D eigenvalue weighted by molar-refractivity contribution is -0.383. The summed E-state index contributed by atoms with van der Waals surface area (Å²) in [6.45, 7) is -0.588. The van der Waals surface area contributed by atoms with E-state index >= 15 is 0 Å². The molecule has 1 aromatic rings. The molecule has 0 aromatic carbocycles. The Hall–Kier alpha value is -2.10. The molecule has 94 valence electrons. The fourth-order valence-corrected chi connectivity index (χ4v) is 0.992. The minimum atomic E-state index is -2.96. The molecule has 0 aliphatic heterocycles. The van der Waals surface area contributed by atoms with Gasteiger partial charge in [0.25, 0.3) is 6.43 Å². The summed E-state index contributed by atoms with van der Waals surface area (Å²) in [4.78, 5) is 16.7. The van der Waals surface area contributed by atoms with Crippen LogP contribution < -0.4 is 11.1 Å². The summed E-state index contributed by atoms with van der Waals surface area (Å²) in [6.07, 6.45) is -3.97. The third kappa shape index (κ3) is 3.17. The number of nitro groups is 1. The van der Waals surface area contributed by atoms with Gasteiger partial charge in [0.1, 0.15) is 12.4 Å². The molecule has 0 saturated carbocycles. The highest BCUT2D eigenvalue weighted by atomic mass is 19.3. The Labute approximate surface area is 93.6 Å². The van der Waals surface area contributed by atoms with E-state index < -0.39 is 29.7 Å². The Morgan fingerprint density at radius 1 is 1.59 bits per heavy atom. The van der Waals surface area contributed by atoms with Gasteiger partial charge >= 0.3 is 5.69 Å². The highest BCUT2D eigenvalue weighted by molar-refractivity contribution is 5.67. The molecule has 1 atom stereocenters. The quantitative estimate of drug-likeness (QED) is 0.495. The zero-order valence-corrected chi connectivity index (χ0v) is 8.38. The number of halogens is 2. The second-order valence-electron chi connectivity index (χ2n) is 3.00. The van der Waals surface area contributed by atoms with Gasteiger partial charge in [0.05, 0.1) is 4.92 Å². The summed E-state index contributed by atoms with van der Waals surface area (Å²) < 4.78 is 24.0. The maximum absolute atomic E-state index is 12.0. The number of nitrogens with one attached hydrogen (secondary N) is 1. The number of aromatic nitrogens is 2. The smallest absolute Gasteiger partial charge is 0.352 e. The average molecular weight is 249 g/mol. The summed E-state index contributed by atoms with van der Waals surface area (Å²) in [5.41, 5.74) is 4.63. The molecule has 0 aliphatic carbocycles. The summed E-state index contributed by atoms with van der Waals surface area (Å²) in [6, 6.07) is 0. The van der Waals surface area contributed by atoms with Crippen molar-refractivity contribution in [3.05, 3.63) is 16.4 Å². The molecular formula is C7H9F2N5O3. The van der Waals surface area contributed by atoms with Gasteiger partial charge in [-0.05, 0) is 0 Å². The lowest BCUT2D eigenvalue weighted by atomic mass is 10.3. The molecule has 1 rings (SSSR count). The van der Waals surface area contributed by atoms with Gasteiger partial charge < -0.3 is 16.2 Å². The molecule has 0 spiro atoms. The van der Waals surface area contributed by atoms with Crippen LogP contribution in [0.25, 0.3) is 0 Å².